The fourth-order valence-electron chi connectivity index (χ4n) is 4.02. The molecule has 1 aromatic heterocycles. The number of hydrogen-bond acceptors (Lipinski definition) is 6. The lowest BCUT2D eigenvalue weighted by molar-refractivity contribution is 0.0194. The van der Waals surface area contributed by atoms with Crippen molar-refractivity contribution in [1.82, 2.24) is 24.3 Å². The topological polar surface area (TPSA) is 96.8 Å². The average Bonchev–Trinajstić information content (AvgIpc) is 3.27. The van der Waals surface area contributed by atoms with Crippen LogP contribution in [-0.2, 0) is 21.8 Å². The van der Waals surface area contributed by atoms with Crippen LogP contribution in [0.15, 0.2) is 6.07 Å². The van der Waals surface area contributed by atoms with Crippen LogP contribution < -0.4 is 5.32 Å². The molecule has 0 radical (unpaired) electrons. The van der Waals surface area contributed by atoms with E-state index in [9.17, 15) is 13.2 Å². The molecule has 0 saturated carbocycles. The lowest BCUT2D eigenvalue weighted by Gasteiger charge is -2.38. The van der Waals surface area contributed by atoms with Crippen molar-refractivity contribution in [2.24, 2.45) is 7.05 Å². The van der Waals surface area contributed by atoms with E-state index in [1.165, 1.54) is 6.26 Å². The van der Waals surface area contributed by atoms with Gasteiger partial charge in [-0.1, -0.05) is 0 Å². The van der Waals surface area contributed by atoms with Crippen molar-refractivity contribution >= 4 is 15.9 Å². The second kappa shape index (κ2) is 8.89. The quantitative estimate of drug-likeness (QED) is 0.675. The highest BCUT2D eigenvalue weighted by Crippen LogP contribution is 2.24. The Morgan fingerprint density at radius 3 is 2.61 bits per heavy atom. The van der Waals surface area contributed by atoms with E-state index in [0.717, 1.165) is 38.2 Å². The molecular weight excluding hydrogens is 382 g/mol. The highest BCUT2D eigenvalue weighted by atomic mass is 32.2. The van der Waals surface area contributed by atoms with Crippen LogP contribution in [0.25, 0.3) is 0 Å². The van der Waals surface area contributed by atoms with Gasteiger partial charge in [0.15, 0.2) is 0 Å². The van der Waals surface area contributed by atoms with Crippen molar-refractivity contribution in [2.75, 3.05) is 45.6 Å². The number of aromatic nitrogens is 2. The van der Waals surface area contributed by atoms with Gasteiger partial charge in [0, 0.05) is 64.2 Å². The summed E-state index contributed by atoms with van der Waals surface area (Å²) < 4.78 is 32.5. The third-order valence-corrected chi connectivity index (χ3v) is 7.00. The predicted octanol–water partition coefficient (Wildman–Crippen LogP) is -0.0268. The smallest absolute Gasteiger partial charge is 0.271 e. The first-order valence-electron chi connectivity index (χ1n) is 9.83. The molecule has 2 saturated heterocycles. The molecule has 9 nitrogen and oxygen atoms in total. The van der Waals surface area contributed by atoms with Gasteiger partial charge in [-0.2, -0.15) is 5.10 Å². The highest BCUT2D eigenvalue weighted by molar-refractivity contribution is 7.88. The van der Waals surface area contributed by atoms with Crippen LogP contribution in [0.3, 0.4) is 0 Å². The van der Waals surface area contributed by atoms with E-state index in [4.69, 9.17) is 4.74 Å². The van der Waals surface area contributed by atoms with Crippen molar-refractivity contribution in [2.45, 2.75) is 38.3 Å². The minimum absolute atomic E-state index is 0.173. The number of aryl methyl sites for hydroxylation is 2. The largest absolute Gasteiger partial charge is 0.381 e. The van der Waals surface area contributed by atoms with Crippen molar-refractivity contribution in [3.05, 3.63) is 17.5 Å². The summed E-state index contributed by atoms with van der Waals surface area (Å²) in [6.07, 6.45) is 3.95. The number of hydrogen-bond donors (Lipinski definition) is 1. The third-order valence-electron chi connectivity index (χ3n) is 5.73. The Morgan fingerprint density at radius 2 is 2.04 bits per heavy atom. The van der Waals surface area contributed by atoms with E-state index in [0.29, 0.717) is 37.9 Å². The summed E-state index contributed by atoms with van der Waals surface area (Å²) in [4.78, 5) is 14.7. The Hall–Kier alpha value is -1.49. The highest BCUT2D eigenvalue weighted by Gasteiger charge is 2.35. The van der Waals surface area contributed by atoms with Gasteiger partial charge in [0.1, 0.15) is 5.69 Å². The van der Waals surface area contributed by atoms with Gasteiger partial charge in [-0.3, -0.25) is 14.4 Å². The second-order valence-electron chi connectivity index (χ2n) is 7.70. The van der Waals surface area contributed by atoms with Gasteiger partial charge < -0.3 is 10.1 Å². The van der Waals surface area contributed by atoms with Gasteiger partial charge in [0.05, 0.1) is 6.26 Å². The zero-order valence-corrected chi connectivity index (χ0v) is 17.7. The Labute approximate surface area is 167 Å². The van der Waals surface area contributed by atoms with Crippen molar-refractivity contribution in [1.29, 1.82) is 0 Å². The zero-order valence-electron chi connectivity index (χ0n) is 16.9. The summed E-state index contributed by atoms with van der Waals surface area (Å²) >= 11 is 0. The Bertz CT molecular complexity index is 768. The van der Waals surface area contributed by atoms with Crippen LogP contribution >= 0.6 is 0 Å². The fourth-order valence-corrected chi connectivity index (χ4v) is 4.90. The predicted molar refractivity (Wildman–Crippen MR) is 106 cm³/mol. The molecule has 0 bridgehead atoms. The molecule has 2 fully saturated rings. The Kier molecular flexibility index (Phi) is 6.74. The minimum Gasteiger partial charge on any atom is -0.381 e. The van der Waals surface area contributed by atoms with Crippen LogP contribution in [-0.4, -0.2) is 91.0 Å². The molecule has 158 valence electrons. The molecule has 0 aliphatic carbocycles. The molecule has 28 heavy (non-hydrogen) atoms. The first-order chi connectivity index (χ1) is 13.3. The molecule has 0 spiro atoms. The number of carbonyl (C=O) groups is 1. The average molecular weight is 414 g/mol. The van der Waals surface area contributed by atoms with Crippen LogP contribution in [0.5, 0.6) is 0 Å². The molecule has 10 heteroatoms. The third kappa shape index (κ3) is 5.11. The SMILES string of the molecule is Cc1cc(C(=O)NCCN(C2CCOCC2)C2CCN(S(C)(=O)=O)C2)nn1C. The van der Waals surface area contributed by atoms with E-state index in [2.05, 4.69) is 15.3 Å². The summed E-state index contributed by atoms with van der Waals surface area (Å²) in [5.74, 6) is -0.181. The lowest BCUT2D eigenvalue weighted by Crippen LogP contribution is -2.50. The standard InChI is InChI=1S/C18H31N5O4S/c1-14-12-17(20-21(14)2)18(24)19-7-9-23(15-5-10-27-11-6-15)16-4-8-22(13-16)28(3,25)26/h12,15-16H,4-11,13H2,1-3H3,(H,19,24). The maximum absolute atomic E-state index is 12.4. The molecule has 0 aromatic carbocycles. The number of nitrogens with one attached hydrogen (secondary N) is 1. The van der Waals surface area contributed by atoms with Gasteiger partial charge in [0.2, 0.25) is 10.0 Å². The molecule has 1 atom stereocenters. The van der Waals surface area contributed by atoms with Crippen molar-refractivity contribution in [3.63, 3.8) is 0 Å². The molecule has 3 rings (SSSR count). The monoisotopic (exact) mass is 413 g/mol. The van der Waals surface area contributed by atoms with E-state index in [1.807, 2.05) is 14.0 Å². The van der Waals surface area contributed by atoms with Gasteiger partial charge >= 0.3 is 0 Å². The second-order valence-corrected chi connectivity index (χ2v) is 9.68. The van der Waals surface area contributed by atoms with Crippen molar-refractivity contribution < 1.29 is 17.9 Å². The Balaban J connectivity index is 1.60. The summed E-state index contributed by atoms with van der Waals surface area (Å²) in [6, 6.07) is 2.30. The van der Waals surface area contributed by atoms with Gasteiger partial charge in [-0.25, -0.2) is 12.7 Å². The maximum atomic E-state index is 12.4. The van der Waals surface area contributed by atoms with Gasteiger partial charge in [-0.15, -0.1) is 0 Å². The van der Waals surface area contributed by atoms with Crippen LogP contribution in [0.2, 0.25) is 0 Å². The van der Waals surface area contributed by atoms with Crippen molar-refractivity contribution in [3.8, 4) is 0 Å². The lowest BCUT2D eigenvalue weighted by atomic mass is 10.0. The normalized spacial score (nSPS) is 22.1. The molecule has 2 aliphatic heterocycles. The molecule has 1 amide bonds. The van der Waals surface area contributed by atoms with Gasteiger partial charge in [-0.05, 0) is 32.3 Å². The number of nitrogens with zero attached hydrogens (tertiary/aromatic N) is 4. The van der Waals surface area contributed by atoms with E-state index in [-0.39, 0.29) is 11.9 Å². The number of ether oxygens (including phenoxy) is 1. The van der Waals surface area contributed by atoms with E-state index in [1.54, 1.807) is 15.1 Å². The van der Waals surface area contributed by atoms with E-state index >= 15 is 0 Å². The van der Waals surface area contributed by atoms with Crippen LogP contribution in [0.4, 0.5) is 0 Å². The van der Waals surface area contributed by atoms with Crippen LogP contribution in [0.1, 0.15) is 35.4 Å². The Morgan fingerprint density at radius 1 is 1.32 bits per heavy atom. The summed E-state index contributed by atoms with van der Waals surface area (Å²) in [6.45, 7) is 5.62. The fraction of sp³-hybridized carbons (Fsp3) is 0.778. The molecule has 1 unspecified atom stereocenters. The molecule has 1 aromatic rings. The summed E-state index contributed by atoms with van der Waals surface area (Å²) in [5.41, 5.74) is 1.35. The zero-order chi connectivity index (χ0) is 20.3. The number of amides is 1. The minimum atomic E-state index is -3.17. The van der Waals surface area contributed by atoms with Gasteiger partial charge in [0.25, 0.3) is 5.91 Å². The molecule has 1 N–H and O–H groups in total. The molecule has 3 heterocycles. The maximum Gasteiger partial charge on any atom is 0.271 e. The number of rotatable bonds is 7. The van der Waals surface area contributed by atoms with Crippen LogP contribution in [0, 0.1) is 6.92 Å². The summed E-state index contributed by atoms with van der Waals surface area (Å²) in [7, 11) is -1.36. The first-order valence-corrected chi connectivity index (χ1v) is 11.7. The molecular formula is C18H31N5O4S. The number of carbonyl (C=O) groups excluding carboxylic acids is 1. The van der Waals surface area contributed by atoms with E-state index < -0.39 is 10.0 Å². The first kappa shape index (κ1) is 21.2. The molecule has 2 aliphatic rings. The summed E-state index contributed by atoms with van der Waals surface area (Å²) in [5, 5.41) is 7.17. The number of sulfonamides is 1.